The van der Waals surface area contributed by atoms with Crippen LogP contribution >= 0.6 is 0 Å². The number of fused-ring (bicyclic) bond motifs is 1. The molecule has 2 aromatic rings. The Kier molecular flexibility index (Phi) is 2.41. The van der Waals surface area contributed by atoms with Gasteiger partial charge in [-0.25, -0.2) is 4.79 Å². The van der Waals surface area contributed by atoms with Crippen molar-refractivity contribution in [2.75, 3.05) is 0 Å². The van der Waals surface area contributed by atoms with E-state index in [1.807, 2.05) is 18.2 Å². The second-order valence-corrected chi connectivity index (χ2v) is 4.01. The first-order chi connectivity index (χ1) is 8.72. The number of benzene rings is 2. The fraction of sp³-hybridized carbons (Fsp3) is 0.0714. The Balaban J connectivity index is 1.65. The smallest absolute Gasteiger partial charge is 0.338 e. The molecule has 0 bridgehead atoms. The molecule has 0 unspecified atom stereocenters. The number of carbonyl (C=O) groups is 1. The van der Waals surface area contributed by atoms with Gasteiger partial charge in [-0.3, -0.25) is 0 Å². The van der Waals surface area contributed by atoms with Crippen molar-refractivity contribution in [1.82, 2.24) is 0 Å². The van der Waals surface area contributed by atoms with Gasteiger partial charge < -0.3 is 14.6 Å². The molecule has 0 fully saturated rings. The Hall–Kier alpha value is -2.49. The van der Waals surface area contributed by atoms with Gasteiger partial charge in [0.2, 0.25) is 0 Å². The molecule has 0 aromatic heterocycles. The zero-order valence-corrected chi connectivity index (χ0v) is 9.42. The van der Waals surface area contributed by atoms with Crippen LogP contribution in [0.2, 0.25) is 0 Å². The van der Waals surface area contributed by atoms with E-state index in [2.05, 4.69) is 0 Å². The first kappa shape index (κ1) is 10.7. The predicted octanol–water partition coefficient (Wildman–Crippen LogP) is 2.85. The highest BCUT2D eigenvalue weighted by Gasteiger charge is 2.19. The Morgan fingerprint density at radius 1 is 1.17 bits per heavy atom. The standard InChI is InChI=1S/C14H10O4/c15-11-3-1-2-10(7-11)14(16)17-8-9-4-5-12-13(6-9)18-12/h1-7,15H,8H2. The third kappa shape index (κ3) is 2.13. The van der Waals surface area contributed by atoms with E-state index in [0.29, 0.717) is 5.56 Å². The highest BCUT2D eigenvalue weighted by molar-refractivity contribution is 5.89. The largest absolute Gasteiger partial charge is 0.508 e. The van der Waals surface area contributed by atoms with Crippen LogP contribution in [0.4, 0.5) is 0 Å². The highest BCUT2D eigenvalue weighted by Crippen LogP contribution is 2.45. The van der Waals surface area contributed by atoms with Crippen molar-refractivity contribution in [3.63, 3.8) is 0 Å². The molecule has 1 heterocycles. The molecule has 1 aliphatic heterocycles. The lowest BCUT2D eigenvalue weighted by Gasteiger charge is -2.04. The Bertz CT molecular complexity index is 619. The van der Waals surface area contributed by atoms with E-state index in [1.165, 1.54) is 12.1 Å². The van der Waals surface area contributed by atoms with E-state index < -0.39 is 5.97 Å². The molecule has 4 heteroatoms. The third-order valence-corrected chi connectivity index (χ3v) is 2.64. The number of carbonyl (C=O) groups excluding carboxylic acids is 1. The Labute approximate surface area is 103 Å². The Morgan fingerprint density at radius 3 is 2.83 bits per heavy atom. The highest BCUT2D eigenvalue weighted by atomic mass is 16.6. The summed E-state index contributed by atoms with van der Waals surface area (Å²) in [5, 5.41) is 9.27. The lowest BCUT2D eigenvalue weighted by atomic mass is 10.2. The van der Waals surface area contributed by atoms with E-state index in [9.17, 15) is 9.90 Å². The summed E-state index contributed by atoms with van der Waals surface area (Å²) in [5.41, 5.74) is 1.21. The lowest BCUT2D eigenvalue weighted by molar-refractivity contribution is 0.0472. The fourth-order valence-corrected chi connectivity index (χ4v) is 1.66. The van der Waals surface area contributed by atoms with Gasteiger partial charge in [-0.15, -0.1) is 0 Å². The van der Waals surface area contributed by atoms with Gasteiger partial charge in [-0.05, 0) is 35.9 Å². The van der Waals surface area contributed by atoms with Crippen molar-refractivity contribution in [2.24, 2.45) is 0 Å². The normalized spacial score (nSPS) is 11.3. The zero-order chi connectivity index (χ0) is 12.5. The minimum Gasteiger partial charge on any atom is -0.508 e. The van der Waals surface area contributed by atoms with Gasteiger partial charge in [0.15, 0.2) is 11.5 Å². The topological polar surface area (TPSA) is 59.1 Å². The van der Waals surface area contributed by atoms with Crippen LogP contribution in [0, 0.1) is 0 Å². The van der Waals surface area contributed by atoms with Crippen molar-refractivity contribution >= 4 is 5.97 Å². The van der Waals surface area contributed by atoms with Crippen LogP contribution in [-0.4, -0.2) is 11.1 Å². The number of hydrogen-bond donors (Lipinski definition) is 1. The van der Waals surface area contributed by atoms with E-state index in [-0.39, 0.29) is 12.4 Å². The summed E-state index contributed by atoms with van der Waals surface area (Å²) in [5.74, 6) is 1.29. The second-order valence-electron chi connectivity index (χ2n) is 4.01. The summed E-state index contributed by atoms with van der Waals surface area (Å²) >= 11 is 0. The molecule has 1 N–H and O–H groups in total. The number of hydrogen-bond acceptors (Lipinski definition) is 4. The SMILES string of the molecule is O=C(OCc1ccc2c(c1)O2)c1cccc(O)c1. The van der Waals surface area contributed by atoms with E-state index in [4.69, 9.17) is 9.47 Å². The second kappa shape index (κ2) is 4.07. The van der Waals surface area contributed by atoms with E-state index in [1.54, 1.807) is 12.1 Å². The molecule has 1 aliphatic rings. The summed E-state index contributed by atoms with van der Waals surface area (Å²) in [4.78, 5) is 11.7. The molecule has 0 aliphatic carbocycles. The zero-order valence-electron chi connectivity index (χ0n) is 9.42. The number of rotatable bonds is 3. The molecule has 0 atom stereocenters. The van der Waals surface area contributed by atoms with Crippen LogP contribution in [0.3, 0.4) is 0 Å². The first-order valence-electron chi connectivity index (χ1n) is 5.49. The molecule has 2 aromatic carbocycles. The minimum absolute atomic E-state index is 0.0439. The molecule has 0 spiro atoms. The molecule has 0 saturated carbocycles. The molecular weight excluding hydrogens is 232 g/mol. The van der Waals surface area contributed by atoms with Crippen LogP contribution in [0.15, 0.2) is 42.5 Å². The maximum Gasteiger partial charge on any atom is 0.338 e. The van der Waals surface area contributed by atoms with Crippen LogP contribution in [0.1, 0.15) is 15.9 Å². The third-order valence-electron chi connectivity index (χ3n) is 2.64. The van der Waals surface area contributed by atoms with Crippen LogP contribution in [0.5, 0.6) is 17.2 Å². The number of phenolic OH excluding ortho intramolecular Hbond substituents is 1. The molecule has 4 nitrogen and oxygen atoms in total. The molecule has 90 valence electrons. The van der Waals surface area contributed by atoms with Gasteiger partial charge in [-0.2, -0.15) is 0 Å². The summed E-state index contributed by atoms with van der Waals surface area (Å²) in [6, 6.07) is 11.6. The average Bonchev–Trinajstić information content (AvgIpc) is 3.14. The summed E-state index contributed by atoms with van der Waals surface area (Å²) < 4.78 is 10.3. The van der Waals surface area contributed by atoms with E-state index in [0.717, 1.165) is 17.1 Å². The first-order valence-corrected chi connectivity index (χ1v) is 5.49. The van der Waals surface area contributed by atoms with Gasteiger partial charge in [0, 0.05) is 0 Å². The summed E-state index contributed by atoms with van der Waals surface area (Å²) in [6.07, 6.45) is 0. The van der Waals surface area contributed by atoms with Gasteiger partial charge in [0.25, 0.3) is 0 Å². The molecular formula is C14H10O4. The number of ether oxygens (including phenoxy) is 2. The van der Waals surface area contributed by atoms with Crippen LogP contribution in [-0.2, 0) is 11.3 Å². The number of phenols is 1. The quantitative estimate of drug-likeness (QED) is 0.566. The molecule has 0 radical (unpaired) electrons. The van der Waals surface area contributed by atoms with Crippen LogP contribution in [0.25, 0.3) is 0 Å². The van der Waals surface area contributed by atoms with Crippen molar-refractivity contribution in [3.8, 4) is 17.2 Å². The average molecular weight is 242 g/mol. The molecule has 0 amide bonds. The molecule has 3 rings (SSSR count). The lowest BCUT2D eigenvalue weighted by Crippen LogP contribution is -2.04. The van der Waals surface area contributed by atoms with Crippen molar-refractivity contribution in [1.29, 1.82) is 0 Å². The maximum atomic E-state index is 11.7. The monoisotopic (exact) mass is 242 g/mol. The van der Waals surface area contributed by atoms with Crippen LogP contribution < -0.4 is 4.74 Å². The van der Waals surface area contributed by atoms with Crippen molar-refractivity contribution < 1.29 is 19.4 Å². The fourth-order valence-electron chi connectivity index (χ4n) is 1.66. The Morgan fingerprint density at radius 2 is 2.06 bits per heavy atom. The van der Waals surface area contributed by atoms with E-state index >= 15 is 0 Å². The summed E-state index contributed by atoms with van der Waals surface area (Å²) in [6.45, 7) is 0.186. The van der Waals surface area contributed by atoms with Gasteiger partial charge in [-0.1, -0.05) is 12.1 Å². The van der Waals surface area contributed by atoms with Gasteiger partial charge in [0.05, 0.1) is 5.56 Å². The maximum absolute atomic E-state index is 11.7. The van der Waals surface area contributed by atoms with Gasteiger partial charge in [0.1, 0.15) is 12.4 Å². The number of aromatic hydroxyl groups is 1. The predicted molar refractivity (Wildman–Crippen MR) is 63.7 cm³/mol. The molecule has 0 saturated heterocycles. The van der Waals surface area contributed by atoms with Gasteiger partial charge >= 0.3 is 5.97 Å². The van der Waals surface area contributed by atoms with Crippen molar-refractivity contribution in [2.45, 2.75) is 6.61 Å². The molecule has 18 heavy (non-hydrogen) atoms. The summed E-state index contributed by atoms with van der Waals surface area (Å²) in [7, 11) is 0. The number of esters is 1. The minimum atomic E-state index is -0.461. The van der Waals surface area contributed by atoms with Crippen molar-refractivity contribution in [3.05, 3.63) is 53.6 Å².